The number of H-pyrrole nitrogens is 1. The predicted molar refractivity (Wildman–Crippen MR) is 102 cm³/mol. The van der Waals surface area contributed by atoms with Gasteiger partial charge in [0, 0.05) is 25.1 Å². The van der Waals surface area contributed by atoms with Crippen molar-refractivity contribution in [3.8, 4) is 11.3 Å². The highest BCUT2D eigenvalue weighted by molar-refractivity contribution is 6.33. The van der Waals surface area contributed by atoms with Gasteiger partial charge in [-0.25, -0.2) is 4.98 Å². The molecule has 0 amide bonds. The van der Waals surface area contributed by atoms with Crippen LogP contribution in [0.1, 0.15) is 28.4 Å². The monoisotopic (exact) mass is 423 g/mol. The van der Waals surface area contributed by atoms with Crippen LogP contribution >= 0.6 is 11.6 Å². The van der Waals surface area contributed by atoms with Gasteiger partial charge in [-0.2, -0.15) is 13.2 Å². The van der Waals surface area contributed by atoms with Crippen molar-refractivity contribution >= 4 is 11.6 Å². The number of aromatic amines is 1. The molecule has 1 aliphatic rings. The van der Waals surface area contributed by atoms with Gasteiger partial charge < -0.3 is 9.40 Å². The Morgan fingerprint density at radius 2 is 2.07 bits per heavy atom. The van der Waals surface area contributed by atoms with Crippen LogP contribution in [0.5, 0.6) is 0 Å². The number of nitrogens with one attached hydrogen (secondary N) is 1. The third kappa shape index (κ3) is 4.09. The fourth-order valence-corrected chi connectivity index (χ4v) is 3.67. The normalized spacial score (nSPS) is 14.8. The lowest BCUT2D eigenvalue weighted by atomic mass is 10.1. The first kappa shape index (κ1) is 19.7. The molecule has 0 spiro atoms. The van der Waals surface area contributed by atoms with E-state index in [0.717, 1.165) is 17.8 Å². The molecule has 29 heavy (non-hydrogen) atoms. The Bertz CT molecular complexity index is 1120. The fraction of sp³-hybridized carbons (Fsp3) is 0.300. The maximum Gasteiger partial charge on any atom is 0.416 e. The molecule has 1 aliphatic heterocycles. The van der Waals surface area contributed by atoms with E-state index in [1.165, 1.54) is 6.07 Å². The standard InChI is InChI=1S/C20H17ClF3N3O2/c1-11-25-17-6-7-27(10-15(17)19(28)26-11)9-13-3-5-18(29-13)14-8-12(20(22,23)24)2-4-16(14)21/h2-5,8H,6-7,9-10H2,1H3,(H,25,26,28). The van der Waals surface area contributed by atoms with Gasteiger partial charge >= 0.3 is 6.18 Å². The van der Waals surface area contributed by atoms with Gasteiger partial charge in [0.25, 0.3) is 5.56 Å². The van der Waals surface area contributed by atoms with Crippen molar-refractivity contribution in [1.29, 1.82) is 0 Å². The van der Waals surface area contributed by atoms with Crippen LogP contribution in [-0.4, -0.2) is 21.4 Å². The van der Waals surface area contributed by atoms with Gasteiger partial charge in [-0.3, -0.25) is 9.69 Å². The Morgan fingerprint density at radius 1 is 1.28 bits per heavy atom. The molecule has 1 N–H and O–H groups in total. The van der Waals surface area contributed by atoms with Crippen LogP contribution < -0.4 is 5.56 Å². The van der Waals surface area contributed by atoms with Crippen molar-refractivity contribution < 1.29 is 17.6 Å². The molecule has 0 saturated heterocycles. The maximum absolute atomic E-state index is 13.0. The molecule has 0 bridgehead atoms. The van der Waals surface area contributed by atoms with E-state index < -0.39 is 11.7 Å². The number of nitrogens with zero attached hydrogens (tertiary/aromatic N) is 2. The van der Waals surface area contributed by atoms with E-state index in [4.69, 9.17) is 16.0 Å². The topological polar surface area (TPSA) is 62.1 Å². The average Bonchev–Trinajstić information content (AvgIpc) is 3.10. The predicted octanol–water partition coefficient (Wildman–Crippen LogP) is 4.57. The molecule has 0 atom stereocenters. The van der Waals surface area contributed by atoms with Crippen molar-refractivity contribution in [2.75, 3.05) is 6.54 Å². The number of alkyl halides is 3. The van der Waals surface area contributed by atoms with E-state index in [2.05, 4.69) is 9.97 Å². The highest BCUT2D eigenvalue weighted by Gasteiger charge is 2.31. The zero-order valence-electron chi connectivity index (χ0n) is 15.4. The average molecular weight is 424 g/mol. The SMILES string of the molecule is Cc1nc2c(c(=O)[nH]1)CN(Cc1ccc(-c3cc(C(F)(F)F)ccc3Cl)o1)CC2. The largest absolute Gasteiger partial charge is 0.460 e. The van der Waals surface area contributed by atoms with Crippen LogP contribution in [0.15, 0.2) is 39.5 Å². The number of benzene rings is 1. The van der Waals surface area contributed by atoms with Gasteiger partial charge in [-0.05, 0) is 37.3 Å². The summed E-state index contributed by atoms with van der Waals surface area (Å²) in [6.07, 6.45) is -3.82. The molecule has 9 heteroatoms. The maximum atomic E-state index is 13.0. The van der Waals surface area contributed by atoms with E-state index in [1.807, 2.05) is 4.90 Å². The second-order valence-electron chi connectivity index (χ2n) is 7.00. The van der Waals surface area contributed by atoms with Crippen molar-refractivity contribution in [2.45, 2.75) is 32.6 Å². The number of rotatable bonds is 3. The molecule has 2 aromatic heterocycles. The summed E-state index contributed by atoms with van der Waals surface area (Å²) in [4.78, 5) is 21.3. The number of hydrogen-bond acceptors (Lipinski definition) is 4. The molecule has 3 aromatic rings. The third-order valence-corrected chi connectivity index (χ3v) is 5.20. The first-order valence-corrected chi connectivity index (χ1v) is 9.35. The first-order valence-electron chi connectivity index (χ1n) is 8.97. The molecule has 0 fully saturated rings. The van der Waals surface area contributed by atoms with E-state index in [0.29, 0.717) is 43.2 Å². The highest BCUT2D eigenvalue weighted by atomic mass is 35.5. The van der Waals surface area contributed by atoms with Crippen molar-refractivity contribution in [3.05, 3.63) is 74.1 Å². The van der Waals surface area contributed by atoms with Crippen LogP contribution in [-0.2, 0) is 25.7 Å². The third-order valence-electron chi connectivity index (χ3n) is 4.87. The summed E-state index contributed by atoms with van der Waals surface area (Å²) < 4.78 is 44.7. The molecule has 152 valence electrons. The summed E-state index contributed by atoms with van der Waals surface area (Å²) in [5.74, 6) is 1.44. The Labute approximate surface area is 169 Å². The molecular weight excluding hydrogens is 407 g/mol. The minimum absolute atomic E-state index is 0.145. The molecule has 0 unspecified atom stereocenters. The summed E-state index contributed by atoms with van der Waals surface area (Å²) in [6.45, 7) is 3.29. The molecular formula is C20H17ClF3N3O2. The van der Waals surface area contributed by atoms with Crippen LogP contribution in [0.3, 0.4) is 0 Å². The van der Waals surface area contributed by atoms with Crippen LogP contribution in [0.25, 0.3) is 11.3 Å². The lowest BCUT2D eigenvalue weighted by molar-refractivity contribution is -0.137. The lowest BCUT2D eigenvalue weighted by Crippen LogP contribution is -2.35. The summed E-state index contributed by atoms with van der Waals surface area (Å²) in [5, 5.41) is 0.179. The molecule has 0 aliphatic carbocycles. The van der Waals surface area contributed by atoms with Crippen molar-refractivity contribution in [2.24, 2.45) is 0 Å². The molecule has 5 nitrogen and oxygen atoms in total. The number of aromatic nitrogens is 2. The summed E-state index contributed by atoms with van der Waals surface area (Å²) in [7, 11) is 0. The van der Waals surface area contributed by atoms with Gasteiger partial charge in [0.2, 0.25) is 0 Å². The van der Waals surface area contributed by atoms with Gasteiger partial charge in [-0.15, -0.1) is 0 Å². The molecule has 1 aromatic carbocycles. The van der Waals surface area contributed by atoms with Gasteiger partial charge in [-0.1, -0.05) is 11.6 Å². The number of furan rings is 1. The van der Waals surface area contributed by atoms with Gasteiger partial charge in [0.05, 0.1) is 28.4 Å². The zero-order valence-corrected chi connectivity index (χ0v) is 16.2. The van der Waals surface area contributed by atoms with Gasteiger partial charge in [0.1, 0.15) is 17.3 Å². The lowest BCUT2D eigenvalue weighted by Gasteiger charge is -2.26. The van der Waals surface area contributed by atoms with Crippen molar-refractivity contribution in [1.82, 2.24) is 14.9 Å². The zero-order chi connectivity index (χ0) is 20.8. The fourth-order valence-electron chi connectivity index (χ4n) is 3.46. The van der Waals surface area contributed by atoms with Crippen molar-refractivity contribution in [3.63, 3.8) is 0 Å². The Balaban J connectivity index is 1.54. The van der Waals surface area contributed by atoms with E-state index in [1.54, 1.807) is 19.1 Å². The quantitative estimate of drug-likeness (QED) is 0.670. The Hall–Kier alpha value is -2.58. The number of halogens is 4. The first-order chi connectivity index (χ1) is 13.7. The van der Waals surface area contributed by atoms with Crippen LogP contribution in [0, 0.1) is 6.92 Å². The molecule has 3 heterocycles. The van der Waals surface area contributed by atoms with E-state index in [-0.39, 0.29) is 21.9 Å². The number of fused-ring (bicyclic) bond motifs is 1. The summed E-state index contributed by atoms with van der Waals surface area (Å²) >= 11 is 6.09. The molecule has 0 radical (unpaired) electrons. The molecule has 0 saturated carbocycles. The Kier molecular flexibility index (Phi) is 5.00. The van der Waals surface area contributed by atoms with E-state index in [9.17, 15) is 18.0 Å². The second kappa shape index (κ2) is 7.35. The number of aryl methyl sites for hydroxylation is 1. The molecule has 4 rings (SSSR count). The van der Waals surface area contributed by atoms with Gasteiger partial charge in [0.15, 0.2) is 0 Å². The van der Waals surface area contributed by atoms with E-state index >= 15 is 0 Å². The smallest absolute Gasteiger partial charge is 0.416 e. The summed E-state index contributed by atoms with van der Waals surface area (Å²) in [6, 6.07) is 6.44. The second-order valence-corrected chi connectivity index (χ2v) is 7.40. The highest BCUT2D eigenvalue weighted by Crippen LogP contribution is 2.36. The van der Waals surface area contributed by atoms with Crippen LogP contribution in [0.2, 0.25) is 5.02 Å². The summed E-state index contributed by atoms with van der Waals surface area (Å²) in [5.41, 5.74) is 0.693. The Morgan fingerprint density at radius 3 is 2.83 bits per heavy atom. The minimum Gasteiger partial charge on any atom is -0.460 e. The van der Waals surface area contributed by atoms with Crippen LogP contribution in [0.4, 0.5) is 13.2 Å². The number of hydrogen-bond donors (Lipinski definition) is 1. The minimum atomic E-state index is -4.46.